The van der Waals surface area contributed by atoms with E-state index in [-0.39, 0.29) is 5.82 Å². The highest BCUT2D eigenvalue weighted by atomic mass is 32.1. The Morgan fingerprint density at radius 2 is 1.93 bits per heavy atom. The summed E-state index contributed by atoms with van der Waals surface area (Å²) < 4.78 is 17.7. The second-order valence-corrected chi connectivity index (χ2v) is 8.18. The van der Waals surface area contributed by atoms with Gasteiger partial charge in [0.2, 0.25) is 4.77 Å². The van der Waals surface area contributed by atoms with E-state index in [0.29, 0.717) is 23.1 Å². The molecule has 0 aliphatic heterocycles. The Kier molecular flexibility index (Phi) is 5.76. The third-order valence-corrected chi connectivity index (χ3v) is 6.03. The number of nitrogens with zero attached hydrogens (tertiary/aromatic N) is 4. The predicted molar refractivity (Wildman–Crippen MR) is 116 cm³/mol. The molecule has 1 saturated carbocycles. The zero-order chi connectivity index (χ0) is 20.4. The molecule has 1 N–H and O–H groups in total. The number of hydrogen-bond donors (Lipinski definition) is 1. The van der Waals surface area contributed by atoms with Gasteiger partial charge in [-0.2, -0.15) is 14.9 Å². The number of halogens is 1. The van der Waals surface area contributed by atoms with E-state index >= 15 is 0 Å². The lowest BCUT2D eigenvalue weighted by molar-refractivity contribution is 0.346. The second-order valence-electron chi connectivity index (χ2n) is 7.79. The van der Waals surface area contributed by atoms with Gasteiger partial charge in [0.1, 0.15) is 5.82 Å². The van der Waals surface area contributed by atoms with Crippen LogP contribution in [-0.4, -0.2) is 25.7 Å². The summed E-state index contributed by atoms with van der Waals surface area (Å²) in [4.78, 5) is 0. The molecule has 0 unspecified atom stereocenters. The molecule has 2 aromatic heterocycles. The van der Waals surface area contributed by atoms with E-state index in [2.05, 4.69) is 39.8 Å². The van der Waals surface area contributed by atoms with Gasteiger partial charge >= 0.3 is 0 Å². The summed E-state index contributed by atoms with van der Waals surface area (Å²) in [5.74, 6) is 0.443. The largest absolute Gasteiger partial charge is 0.345 e. The zero-order valence-corrected chi connectivity index (χ0v) is 17.7. The number of aromatic amines is 1. The van der Waals surface area contributed by atoms with Crippen LogP contribution in [0.4, 0.5) is 4.39 Å². The molecule has 0 saturated heterocycles. The second kappa shape index (κ2) is 8.45. The van der Waals surface area contributed by atoms with Crippen molar-refractivity contribution >= 4 is 18.4 Å². The SMILES string of the molecule is Cc1cc(/C=N\n2c(Cc3ccc(F)cc3)n[nH]c2=S)c(C)n1C1CCCCC1. The van der Waals surface area contributed by atoms with Crippen molar-refractivity contribution in [2.45, 2.75) is 58.4 Å². The van der Waals surface area contributed by atoms with Crippen molar-refractivity contribution in [1.29, 1.82) is 0 Å². The van der Waals surface area contributed by atoms with Gasteiger partial charge in [0, 0.05) is 29.4 Å². The van der Waals surface area contributed by atoms with Crippen molar-refractivity contribution in [3.8, 4) is 0 Å². The molecule has 29 heavy (non-hydrogen) atoms. The summed E-state index contributed by atoms with van der Waals surface area (Å²) in [6, 6.07) is 9.18. The van der Waals surface area contributed by atoms with Crippen LogP contribution < -0.4 is 0 Å². The van der Waals surface area contributed by atoms with Crippen LogP contribution in [-0.2, 0) is 6.42 Å². The molecule has 1 aromatic carbocycles. The van der Waals surface area contributed by atoms with E-state index in [0.717, 1.165) is 11.1 Å². The molecule has 0 amide bonds. The summed E-state index contributed by atoms with van der Waals surface area (Å²) in [5, 5.41) is 11.7. The molecule has 0 atom stereocenters. The van der Waals surface area contributed by atoms with Crippen LogP contribution >= 0.6 is 12.2 Å². The van der Waals surface area contributed by atoms with Crippen LogP contribution in [0.25, 0.3) is 0 Å². The minimum Gasteiger partial charge on any atom is -0.345 e. The standard InChI is InChI=1S/C22H26FN5S/c1-15-12-18(16(2)27(15)20-6-4-3-5-7-20)14-24-28-21(25-26-22(28)29)13-17-8-10-19(23)11-9-17/h8-12,14,20H,3-7,13H2,1-2H3,(H,26,29)/b24-14-. The van der Waals surface area contributed by atoms with E-state index in [4.69, 9.17) is 12.2 Å². The molecule has 1 aliphatic rings. The third kappa shape index (κ3) is 4.24. The molecule has 4 rings (SSSR count). The molecule has 0 radical (unpaired) electrons. The maximum absolute atomic E-state index is 13.2. The van der Waals surface area contributed by atoms with Gasteiger partial charge in [-0.15, -0.1) is 0 Å². The molecule has 2 heterocycles. The van der Waals surface area contributed by atoms with Crippen molar-refractivity contribution in [2.24, 2.45) is 5.10 Å². The number of benzene rings is 1. The first-order valence-electron chi connectivity index (χ1n) is 10.2. The van der Waals surface area contributed by atoms with Crippen LogP contribution in [0.3, 0.4) is 0 Å². The average molecular weight is 412 g/mol. The molecular formula is C22H26FN5S. The lowest BCUT2D eigenvalue weighted by atomic mass is 9.95. The summed E-state index contributed by atoms with van der Waals surface area (Å²) in [5.41, 5.74) is 4.57. The van der Waals surface area contributed by atoms with Crippen molar-refractivity contribution in [3.63, 3.8) is 0 Å². The molecule has 3 aromatic rings. The van der Waals surface area contributed by atoms with Gasteiger partial charge in [-0.25, -0.2) is 4.39 Å². The third-order valence-electron chi connectivity index (χ3n) is 5.77. The topological polar surface area (TPSA) is 50.9 Å². The van der Waals surface area contributed by atoms with Crippen molar-refractivity contribution < 1.29 is 4.39 Å². The van der Waals surface area contributed by atoms with Gasteiger partial charge in [-0.1, -0.05) is 31.4 Å². The number of aromatic nitrogens is 4. The Bertz CT molecular complexity index is 1070. The average Bonchev–Trinajstić information content (AvgIpc) is 3.21. The first-order chi connectivity index (χ1) is 14.0. The van der Waals surface area contributed by atoms with Gasteiger partial charge in [-0.3, -0.25) is 5.10 Å². The fourth-order valence-corrected chi connectivity index (χ4v) is 4.50. The summed E-state index contributed by atoms with van der Waals surface area (Å²) in [6.45, 7) is 4.33. The van der Waals surface area contributed by atoms with Crippen molar-refractivity contribution in [1.82, 2.24) is 19.4 Å². The highest BCUT2D eigenvalue weighted by Crippen LogP contribution is 2.31. The molecular weight excluding hydrogens is 385 g/mol. The molecule has 152 valence electrons. The Balaban J connectivity index is 1.59. The van der Waals surface area contributed by atoms with Crippen molar-refractivity contribution in [3.05, 3.63) is 69.3 Å². The van der Waals surface area contributed by atoms with Crippen LogP contribution in [0, 0.1) is 24.4 Å². The number of H-pyrrole nitrogens is 1. The smallest absolute Gasteiger partial charge is 0.216 e. The lowest BCUT2D eigenvalue weighted by Gasteiger charge is -2.26. The summed E-state index contributed by atoms with van der Waals surface area (Å²) >= 11 is 5.36. The molecule has 5 nitrogen and oxygen atoms in total. The first-order valence-corrected chi connectivity index (χ1v) is 10.6. The summed E-state index contributed by atoms with van der Waals surface area (Å²) in [6.07, 6.45) is 8.85. The normalized spacial score (nSPS) is 15.4. The molecule has 0 bridgehead atoms. The summed E-state index contributed by atoms with van der Waals surface area (Å²) in [7, 11) is 0. The number of rotatable bonds is 5. The maximum atomic E-state index is 13.2. The highest BCUT2D eigenvalue weighted by Gasteiger charge is 2.19. The van der Waals surface area contributed by atoms with E-state index < -0.39 is 0 Å². The highest BCUT2D eigenvalue weighted by molar-refractivity contribution is 7.71. The van der Waals surface area contributed by atoms with E-state index in [1.807, 2.05) is 6.21 Å². The Morgan fingerprint density at radius 1 is 1.21 bits per heavy atom. The number of aryl methyl sites for hydroxylation is 1. The van der Waals surface area contributed by atoms with E-state index in [1.165, 1.54) is 55.6 Å². The minimum atomic E-state index is -0.251. The Morgan fingerprint density at radius 3 is 2.66 bits per heavy atom. The van der Waals surface area contributed by atoms with Gasteiger partial charge in [-0.05, 0) is 62.7 Å². The molecule has 1 aliphatic carbocycles. The monoisotopic (exact) mass is 411 g/mol. The Labute approximate surface area is 175 Å². The van der Waals surface area contributed by atoms with Crippen molar-refractivity contribution in [2.75, 3.05) is 0 Å². The fraction of sp³-hybridized carbons (Fsp3) is 0.409. The zero-order valence-electron chi connectivity index (χ0n) is 16.9. The van der Waals surface area contributed by atoms with E-state index in [1.54, 1.807) is 16.8 Å². The predicted octanol–water partition coefficient (Wildman–Crippen LogP) is 5.48. The lowest BCUT2D eigenvalue weighted by Crippen LogP contribution is -2.15. The Hall–Kier alpha value is -2.54. The van der Waals surface area contributed by atoms with Gasteiger partial charge in [0.25, 0.3) is 0 Å². The first kappa shape index (κ1) is 19.8. The van der Waals surface area contributed by atoms with Crippen LogP contribution in [0.5, 0.6) is 0 Å². The fourth-order valence-electron chi connectivity index (χ4n) is 4.30. The van der Waals surface area contributed by atoms with Crippen LogP contribution in [0.2, 0.25) is 0 Å². The van der Waals surface area contributed by atoms with Crippen LogP contribution in [0.1, 0.15) is 66.5 Å². The molecule has 1 fully saturated rings. The number of hydrogen-bond acceptors (Lipinski definition) is 3. The van der Waals surface area contributed by atoms with Gasteiger partial charge in [0.05, 0.1) is 6.21 Å². The maximum Gasteiger partial charge on any atom is 0.216 e. The minimum absolute atomic E-state index is 0.251. The van der Waals surface area contributed by atoms with Crippen LogP contribution in [0.15, 0.2) is 35.4 Å². The van der Waals surface area contributed by atoms with E-state index in [9.17, 15) is 4.39 Å². The number of nitrogens with one attached hydrogen (secondary N) is 1. The molecule has 0 spiro atoms. The quantitative estimate of drug-likeness (QED) is 0.447. The van der Waals surface area contributed by atoms with Gasteiger partial charge < -0.3 is 4.57 Å². The van der Waals surface area contributed by atoms with Gasteiger partial charge in [0.15, 0.2) is 5.82 Å². The molecule has 7 heteroatoms.